The van der Waals surface area contributed by atoms with Gasteiger partial charge in [-0.25, -0.2) is 4.79 Å². The predicted octanol–water partition coefficient (Wildman–Crippen LogP) is -2.15. The van der Waals surface area contributed by atoms with Crippen molar-refractivity contribution in [1.29, 1.82) is 0 Å². The number of carbonyl (C=O) groups is 4. The lowest BCUT2D eigenvalue weighted by Gasteiger charge is -2.26. The first-order valence-electron chi connectivity index (χ1n) is 8.37. The van der Waals surface area contributed by atoms with E-state index < -0.39 is 54.0 Å². The summed E-state index contributed by atoms with van der Waals surface area (Å²) >= 11 is 9.23. The molecule has 0 aliphatic carbocycles. The lowest BCUT2D eigenvalue weighted by atomic mass is 10.1. The van der Waals surface area contributed by atoms with Crippen molar-refractivity contribution in [2.75, 3.05) is 23.5 Å². The monoisotopic (exact) mass is 456 g/mol. The second-order valence-electron chi connectivity index (χ2n) is 5.94. The maximum absolute atomic E-state index is 12.6. The highest BCUT2D eigenvalue weighted by atomic mass is 32.2. The van der Waals surface area contributed by atoms with Gasteiger partial charge in [-0.05, 0) is 25.4 Å². The minimum absolute atomic E-state index is 0.0850. The van der Waals surface area contributed by atoms with Crippen molar-refractivity contribution in [2.24, 2.45) is 5.73 Å². The van der Waals surface area contributed by atoms with Crippen molar-refractivity contribution in [3.8, 4) is 0 Å². The number of amides is 3. The van der Waals surface area contributed by atoms with Gasteiger partial charge in [-0.1, -0.05) is 0 Å². The highest BCUT2D eigenvalue weighted by Crippen LogP contribution is 2.04. The molecule has 0 aromatic carbocycles. The fraction of sp³-hybridized carbons (Fsp3) is 0.733. The molecule has 0 aliphatic heterocycles. The van der Waals surface area contributed by atoms with Gasteiger partial charge in [0.1, 0.15) is 18.1 Å². The van der Waals surface area contributed by atoms with Crippen LogP contribution in [-0.4, -0.2) is 87.7 Å². The van der Waals surface area contributed by atoms with Crippen LogP contribution in [-0.2, 0) is 19.2 Å². The SMILES string of the molecule is CSCCC(NC(=O)C(N)CS)C(=O)NC(C(=O)NC(CS)C(=O)O)C(C)O. The maximum Gasteiger partial charge on any atom is 0.327 e. The van der Waals surface area contributed by atoms with Gasteiger partial charge in [0.2, 0.25) is 17.7 Å². The third-order valence-electron chi connectivity index (χ3n) is 3.64. The number of nitrogens with one attached hydrogen (secondary N) is 3. The van der Waals surface area contributed by atoms with Crippen LogP contribution in [0.3, 0.4) is 0 Å². The summed E-state index contributed by atoms with van der Waals surface area (Å²) in [6.07, 6.45) is 0.779. The molecular formula is C15H28N4O6S3. The molecule has 0 spiro atoms. The molecule has 0 saturated heterocycles. The molecule has 162 valence electrons. The molecule has 13 heteroatoms. The fourth-order valence-corrected chi connectivity index (χ4v) is 2.86. The Bertz CT molecular complexity index is 552. The number of aliphatic hydroxyl groups is 1. The van der Waals surface area contributed by atoms with E-state index in [1.54, 1.807) is 0 Å². The second kappa shape index (κ2) is 13.9. The van der Waals surface area contributed by atoms with E-state index in [4.69, 9.17) is 10.8 Å². The van der Waals surface area contributed by atoms with Gasteiger partial charge in [0.15, 0.2) is 0 Å². The van der Waals surface area contributed by atoms with Crippen molar-refractivity contribution in [3.05, 3.63) is 0 Å². The molecule has 0 radical (unpaired) electrons. The molecule has 0 heterocycles. The Balaban J connectivity index is 5.24. The lowest BCUT2D eigenvalue weighted by molar-refractivity contribution is -0.142. The lowest BCUT2D eigenvalue weighted by Crippen LogP contribution is -2.60. The number of carboxylic acids is 1. The molecule has 0 aromatic heterocycles. The van der Waals surface area contributed by atoms with Crippen molar-refractivity contribution in [3.63, 3.8) is 0 Å². The van der Waals surface area contributed by atoms with E-state index in [1.807, 2.05) is 6.26 Å². The molecule has 7 N–H and O–H groups in total. The summed E-state index contributed by atoms with van der Waals surface area (Å²) in [5, 5.41) is 25.9. The van der Waals surface area contributed by atoms with E-state index in [0.717, 1.165) is 0 Å². The average molecular weight is 457 g/mol. The summed E-state index contributed by atoms with van der Waals surface area (Å²) in [5.74, 6) is -3.00. The number of nitrogens with two attached hydrogens (primary N) is 1. The predicted molar refractivity (Wildman–Crippen MR) is 114 cm³/mol. The average Bonchev–Trinajstić information content (AvgIpc) is 2.65. The van der Waals surface area contributed by atoms with Crippen LogP contribution in [0.1, 0.15) is 13.3 Å². The number of thioether (sulfide) groups is 1. The normalized spacial score (nSPS) is 16.2. The summed E-state index contributed by atoms with van der Waals surface area (Å²) in [5.41, 5.74) is 5.60. The molecule has 3 amide bonds. The number of aliphatic hydroxyl groups excluding tert-OH is 1. The van der Waals surface area contributed by atoms with Gasteiger partial charge in [-0.2, -0.15) is 37.0 Å². The van der Waals surface area contributed by atoms with Gasteiger partial charge in [-0.15, -0.1) is 0 Å². The third-order valence-corrected chi connectivity index (χ3v) is 5.04. The van der Waals surface area contributed by atoms with Crippen LogP contribution >= 0.6 is 37.0 Å². The molecule has 0 aliphatic rings. The highest BCUT2D eigenvalue weighted by molar-refractivity contribution is 7.98. The van der Waals surface area contributed by atoms with Gasteiger partial charge < -0.3 is 31.9 Å². The van der Waals surface area contributed by atoms with Crippen molar-refractivity contribution in [1.82, 2.24) is 16.0 Å². The Hall–Kier alpha value is -1.15. The maximum atomic E-state index is 12.6. The number of rotatable bonds is 13. The molecule has 10 nitrogen and oxygen atoms in total. The summed E-state index contributed by atoms with van der Waals surface area (Å²) in [7, 11) is 0. The molecule has 5 atom stereocenters. The quantitative estimate of drug-likeness (QED) is 0.145. The van der Waals surface area contributed by atoms with Crippen LogP contribution in [0.5, 0.6) is 0 Å². The zero-order valence-electron chi connectivity index (χ0n) is 15.6. The van der Waals surface area contributed by atoms with Gasteiger partial charge in [0, 0.05) is 11.5 Å². The zero-order chi connectivity index (χ0) is 21.9. The van der Waals surface area contributed by atoms with Gasteiger partial charge in [0.05, 0.1) is 12.1 Å². The Kier molecular flexibility index (Phi) is 13.4. The highest BCUT2D eigenvalue weighted by Gasteiger charge is 2.32. The standard InChI is InChI=1S/C15H28N4O6S3/c1-7(20)11(14(23)18-10(6-27)15(24)25)19-13(22)9(3-4-28-2)17-12(21)8(16)5-26/h7-11,20,26-27H,3-6,16H2,1-2H3,(H,17,21)(H,18,23)(H,19,22)(H,24,25). The van der Waals surface area contributed by atoms with Crippen LogP contribution in [0.25, 0.3) is 0 Å². The largest absolute Gasteiger partial charge is 0.480 e. The van der Waals surface area contributed by atoms with Crippen LogP contribution in [0.4, 0.5) is 0 Å². The van der Waals surface area contributed by atoms with E-state index in [9.17, 15) is 24.3 Å². The zero-order valence-corrected chi connectivity index (χ0v) is 18.2. The Morgan fingerprint density at radius 1 is 1.00 bits per heavy atom. The second-order valence-corrected chi connectivity index (χ2v) is 7.66. The third kappa shape index (κ3) is 9.37. The number of aliphatic carboxylic acids is 1. The first-order valence-corrected chi connectivity index (χ1v) is 11.0. The molecule has 0 fully saturated rings. The van der Waals surface area contributed by atoms with Crippen LogP contribution in [0.2, 0.25) is 0 Å². The number of thiol groups is 2. The Labute approximate surface area is 179 Å². The number of carboxylic acid groups (broad SMARTS) is 1. The topological polar surface area (TPSA) is 171 Å². The van der Waals surface area contributed by atoms with E-state index in [1.165, 1.54) is 18.7 Å². The van der Waals surface area contributed by atoms with Crippen molar-refractivity contribution >= 4 is 60.7 Å². The van der Waals surface area contributed by atoms with Crippen LogP contribution < -0.4 is 21.7 Å². The van der Waals surface area contributed by atoms with E-state index in [0.29, 0.717) is 5.75 Å². The van der Waals surface area contributed by atoms with E-state index in [-0.39, 0.29) is 17.9 Å². The van der Waals surface area contributed by atoms with Crippen LogP contribution in [0, 0.1) is 0 Å². The summed E-state index contributed by atoms with van der Waals surface area (Å²) < 4.78 is 0. The minimum atomic E-state index is -1.42. The minimum Gasteiger partial charge on any atom is -0.480 e. The first kappa shape index (κ1) is 26.9. The number of carbonyl (C=O) groups excluding carboxylic acids is 3. The van der Waals surface area contributed by atoms with E-state index >= 15 is 0 Å². The van der Waals surface area contributed by atoms with Gasteiger partial charge in [0.25, 0.3) is 0 Å². The summed E-state index contributed by atoms with van der Waals surface area (Å²) in [6, 6.07) is -4.59. The molecule has 5 unspecified atom stereocenters. The van der Waals surface area contributed by atoms with Crippen molar-refractivity contribution in [2.45, 2.75) is 43.6 Å². The molecule has 0 rings (SSSR count). The van der Waals surface area contributed by atoms with E-state index in [2.05, 4.69) is 41.2 Å². The molecule has 0 saturated carbocycles. The molecular weight excluding hydrogens is 428 g/mol. The number of hydrogen-bond donors (Lipinski definition) is 8. The first-order chi connectivity index (χ1) is 13.1. The summed E-state index contributed by atoms with van der Waals surface area (Å²) in [4.78, 5) is 47.9. The summed E-state index contributed by atoms with van der Waals surface area (Å²) in [6.45, 7) is 1.27. The fourth-order valence-electron chi connectivity index (χ4n) is 1.97. The molecule has 28 heavy (non-hydrogen) atoms. The van der Waals surface area contributed by atoms with Gasteiger partial charge in [-0.3, -0.25) is 14.4 Å². The number of hydrogen-bond acceptors (Lipinski definition) is 9. The van der Waals surface area contributed by atoms with Crippen LogP contribution in [0.15, 0.2) is 0 Å². The smallest absolute Gasteiger partial charge is 0.327 e. The Morgan fingerprint density at radius 2 is 1.57 bits per heavy atom. The Morgan fingerprint density at radius 3 is 2.00 bits per heavy atom. The molecule has 0 bridgehead atoms. The van der Waals surface area contributed by atoms with Crippen molar-refractivity contribution < 1.29 is 29.4 Å². The molecule has 0 aromatic rings. The van der Waals surface area contributed by atoms with Gasteiger partial charge >= 0.3 is 5.97 Å².